The first-order valence-corrected chi connectivity index (χ1v) is 8.18. The number of hydrogen-bond acceptors (Lipinski definition) is 3. The van der Waals surface area contributed by atoms with Crippen LogP contribution >= 0.6 is 0 Å². The Morgan fingerprint density at radius 2 is 1.83 bits per heavy atom. The van der Waals surface area contributed by atoms with Crippen molar-refractivity contribution >= 4 is 5.96 Å². The Balaban J connectivity index is 2.13. The van der Waals surface area contributed by atoms with E-state index in [4.69, 9.17) is 14.5 Å². The van der Waals surface area contributed by atoms with E-state index < -0.39 is 0 Å². The smallest absolute Gasteiger partial charge is 0.231 e. The minimum absolute atomic E-state index is 0.0239. The second kappa shape index (κ2) is 6.69. The SMILES string of the molecule is CCNC(=NCC(C)(C)c1ccc2c(c1)OCO2)NC(C)(C)C. The van der Waals surface area contributed by atoms with Crippen molar-refractivity contribution < 1.29 is 9.47 Å². The van der Waals surface area contributed by atoms with Gasteiger partial charge in [0.2, 0.25) is 6.79 Å². The molecular weight excluding hydrogens is 290 g/mol. The number of fused-ring (bicyclic) bond motifs is 1. The van der Waals surface area contributed by atoms with Gasteiger partial charge in [-0.1, -0.05) is 19.9 Å². The van der Waals surface area contributed by atoms with Crippen molar-refractivity contribution in [3.05, 3.63) is 23.8 Å². The maximum Gasteiger partial charge on any atom is 0.231 e. The molecular formula is C18H29N3O2. The molecule has 0 saturated carbocycles. The van der Waals surface area contributed by atoms with Crippen LogP contribution in [0, 0.1) is 0 Å². The largest absolute Gasteiger partial charge is 0.454 e. The van der Waals surface area contributed by atoms with Gasteiger partial charge in [-0.2, -0.15) is 0 Å². The zero-order chi connectivity index (χ0) is 17.1. The molecule has 2 rings (SSSR count). The maximum atomic E-state index is 5.48. The average Bonchev–Trinajstić information content (AvgIpc) is 2.91. The van der Waals surface area contributed by atoms with Crippen molar-refractivity contribution in [2.75, 3.05) is 19.9 Å². The first-order chi connectivity index (χ1) is 10.7. The highest BCUT2D eigenvalue weighted by Crippen LogP contribution is 2.36. The molecule has 0 amide bonds. The third-order valence-corrected chi connectivity index (χ3v) is 3.62. The summed E-state index contributed by atoms with van der Waals surface area (Å²) >= 11 is 0. The van der Waals surface area contributed by atoms with E-state index in [1.165, 1.54) is 5.56 Å². The Morgan fingerprint density at radius 3 is 2.48 bits per heavy atom. The summed E-state index contributed by atoms with van der Waals surface area (Å²) in [7, 11) is 0. The molecule has 0 aromatic heterocycles. The van der Waals surface area contributed by atoms with Gasteiger partial charge >= 0.3 is 0 Å². The zero-order valence-electron chi connectivity index (χ0n) is 15.1. The van der Waals surface area contributed by atoms with Crippen molar-refractivity contribution in [3.8, 4) is 11.5 Å². The number of rotatable bonds is 4. The molecule has 1 aliphatic rings. The summed E-state index contributed by atoms with van der Waals surface area (Å²) in [5, 5.41) is 6.72. The lowest BCUT2D eigenvalue weighted by Gasteiger charge is -2.27. The summed E-state index contributed by atoms with van der Waals surface area (Å²) in [5.74, 6) is 2.48. The Morgan fingerprint density at radius 1 is 1.13 bits per heavy atom. The second-order valence-corrected chi connectivity index (χ2v) is 7.52. The minimum atomic E-state index is -0.0960. The predicted octanol–water partition coefficient (Wildman–Crippen LogP) is 3.05. The topological polar surface area (TPSA) is 54.9 Å². The second-order valence-electron chi connectivity index (χ2n) is 7.52. The fourth-order valence-corrected chi connectivity index (χ4v) is 2.35. The number of nitrogens with zero attached hydrogens (tertiary/aromatic N) is 1. The lowest BCUT2D eigenvalue weighted by Crippen LogP contribution is -2.48. The number of guanidine groups is 1. The van der Waals surface area contributed by atoms with Gasteiger partial charge in [0.25, 0.3) is 0 Å². The van der Waals surface area contributed by atoms with E-state index in [-0.39, 0.29) is 11.0 Å². The summed E-state index contributed by atoms with van der Waals surface area (Å²) in [5.41, 5.74) is 1.07. The molecule has 23 heavy (non-hydrogen) atoms. The van der Waals surface area contributed by atoms with Crippen LogP contribution in [0.25, 0.3) is 0 Å². The Bertz CT molecular complexity index is 574. The molecule has 0 unspecified atom stereocenters. The monoisotopic (exact) mass is 319 g/mol. The van der Waals surface area contributed by atoms with Crippen molar-refractivity contribution in [1.29, 1.82) is 0 Å². The van der Waals surface area contributed by atoms with Crippen LogP contribution in [0.4, 0.5) is 0 Å². The molecule has 0 fully saturated rings. The molecule has 0 saturated heterocycles. The molecule has 0 radical (unpaired) electrons. The van der Waals surface area contributed by atoms with Crippen LogP contribution in [0.3, 0.4) is 0 Å². The summed E-state index contributed by atoms with van der Waals surface area (Å²) in [4.78, 5) is 4.76. The molecule has 0 atom stereocenters. The molecule has 1 aliphatic heterocycles. The van der Waals surface area contributed by atoms with Crippen molar-refractivity contribution in [1.82, 2.24) is 10.6 Å². The van der Waals surface area contributed by atoms with Crippen LogP contribution in [-0.2, 0) is 5.41 Å². The number of hydrogen-bond donors (Lipinski definition) is 2. The predicted molar refractivity (Wildman–Crippen MR) is 94.5 cm³/mol. The molecule has 5 heteroatoms. The summed E-state index contributed by atoms with van der Waals surface area (Å²) in [6.45, 7) is 14.7. The molecule has 2 N–H and O–H groups in total. The van der Waals surface area contributed by atoms with Gasteiger partial charge in [0.1, 0.15) is 0 Å². The van der Waals surface area contributed by atoms with Crippen LogP contribution in [0.1, 0.15) is 47.1 Å². The van der Waals surface area contributed by atoms with Gasteiger partial charge < -0.3 is 20.1 Å². The fourth-order valence-electron chi connectivity index (χ4n) is 2.35. The van der Waals surface area contributed by atoms with Crippen molar-refractivity contribution in [3.63, 3.8) is 0 Å². The summed E-state index contributed by atoms with van der Waals surface area (Å²) < 4.78 is 10.9. The summed E-state index contributed by atoms with van der Waals surface area (Å²) in [6.07, 6.45) is 0. The average molecular weight is 319 g/mol. The Hall–Kier alpha value is -1.91. The van der Waals surface area contributed by atoms with Crippen molar-refractivity contribution in [2.45, 2.75) is 52.5 Å². The molecule has 128 valence electrons. The van der Waals surface area contributed by atoms with Gasteiger partial charge in [0.05, 0.1) is 6.54 Å². The highest BCUT2D eigenvalue weighted by Gasteiger charge is 2.24. The van der Waals surface area contributed by atoms with Crippen molar-refractivity contribution in [2.24, 2.45) is 4.99 Å². The molecule has 1 aromatic carbocycles. The van der Waals surface area contributed by atoms with E-state index in [2.05, 4.69) is 64.3 Å². The Kier molecular flexibility index (Phi) is 5.07. The van der Waals surface area contributed by atoms with E-state index in [0.29, 0.717) is 13.3 Å². The lowest BCUT2D eigenvalue weighted by atomic mass is 9.84. The normalized spacial score (nSPS) is 14.8. The number of nitrogens with one attached hydrogen (secondary N) is 2. The molecule has 1 aromatic rings. The van der Waals surface area contributed by atoms with Gasteiger partial charge in [-0.15, -0.1) is 0 Å². The minimum Gasteiger partial charge on any atom is -0.454 e. The van der Waals surface area contributed by atoms with Crippen LogP contribution in [-0.4, -0.2) is 31.4 Å². The third kappa shape index (κ3) is 4.78. The molecule has 5 nitrogen and oxygen atoms in total. The molecule has 0 bridgehead atoms. The van der Waals surface area contributed by atoms with E-state index in [9.17, 15) is 0 Å². The van der Waals surface area contributed by atoms with Crippen LogP contribution in [0.15, 0.2) is 23.2 Å². The first-order valence-electron chi connectivity index (χ1n) is 8.18. The van der Waals surface area contributed by atoms with E-state index >= 15 is 0 Å². The van der Waals surface area contributed by atoms with Crippen LogP contribution < -0.4 is 20.1 Å². The third-order valence-electron chi connectivity index (χ3n) is 3.62. The summed E-state index contributed by atoms with van der Waals surface area (Å²) in [6, 6.07) is 6.12. The Labute approximate surface area is 139 Å². The number of ether oxygens (including phenoxy) is 2. The number of aliphatic imine (C=N–C) groups is 1. The quantitative estimate of drug-likeness (QED) is 0.661. The molecule has 1 heterocycles. The maximum absolute atomic E-state index is 5.48. The molecule has 0 spiro atoms. The first kappa shape index (κ1) is 17.4. The van der Waals surface area contributed by atoms with Gasteiger partial charge in [-0.3, -0.25) is 4.99 Å². The van der Waals surface area contributed by atoms with Gasteiger partial charge in [-0.05, 0) is 45.4 Å². The van der Waals surface area contributed by atoms with Crippen LogP contribution in [0.2, 0.25) is 0 Å². The van der Waals surface area contributed by atoms with Crippen LogP contribution in [0.5, 0.6) is 11.5 Å². The van der Waals surface area contributed by atoms with Gasteiger partial charge in [0.15, 0.2) is 17.5 Å². The van der Waals surface area contributed by atoms with Gasteiger partial charge in [0, 0.05) is 17.5 Å². The highest BCUT2D eigenvalue weighted by atomic mass is 16.7. The highest BCUT2D eigenvalue weighted by molar-refractivity contribution is 5.80. The lowest BCUT2D eigenvalue weighted by molar-refractivity contribution is 0.174. The van der Waals surface area contributed by atoms with E-state index in [1.807, 2.05) is 6.07 Å². The standard InChI is InChI=1S/C18H29N3O2/c1-7-19-16(21-17(2,3)4)20-11-18(5,6)13-8-9-14-15(10-13)23-12-22-14/h8-10H,7,11-12H2,1-6H3,(H2,19,20,21). The fraction of sp³-hybridized carbons (Fsp3) is 0.611. The van der Waals surface area contributed by atoms with Gasteiger partial charge in [-0.25, -0.2) is 0 Å². The van der Waals surface area contributed by atoms with E-state index in [1.54, 1.807) is 0 Å². The number of benzene rings is 1. The van der Waals surface area contributed by atoms with E-state index in [0.717, 1.165) is 24.0 Å². The molecule has 0 aliphatic carbocycles. The zero-order valence-corrected chi connectivity index (χ0v) is 15.1.